The molecule has 2 fully saturated rings. The number of piperidine rings is 1. The zero-order valence-electron chi connectivity index (χ0n) is 21.8. The Balaban J connectivity index is 1.32. The molecule has 2 aromatic carbocycles. The number of aryl methyl sites for hydroxylation is 1. The topological polar surface area (TPSA) is 55.7 Å². The second-order valence-electron chi connectivity index (χ2n) is 10.4. The van der Waals surface area contributed by atoms with Gasteiger partial charge in [-0.1, -0.05) is 60.5 Å². The van der Waals surface area contributed by atoms with Gasteiger partial charge in [-0.2, -0.15) is 0 Å². The van der Waals surface area contributed by atoms with Gasteiger partial charge < -0.3 is 14.9 Å². The molecule has 0 saturated carbocycles. The average Bonchev–Trinajstić information content (AvgIpc) is 2.91. The number of β-amino-alcohol motifs (C(OH)–C–C–N with tert-alkyl or cyclic N) is 1. The summed E-state index contributed by atoms with van der Waals surface area (Å²) in [6.45, 7) is 9.44. The molecule has 2 saturated heterocycles. The van der Waals surface area contributed by atoms with Crippen LogP contribution in [0.25, 0.3) is 11.4 Å². The van der Waals surface area contributed by atoms with Crippen LogP contribution in [-0.4, -0.2) is 83.3 Å². The molecule has 0 radical (unpaired) electrons. The molecule has 0 bridgehead atoms. The molecule has 1 N–H and O–H groups in total. The minimum Gasteiger partial charge on any atom is -0.390 e. The fourth-order valence-electron chi connectivity index (χ4n) is 5.55. The summed E-state index contributed by atoms with van der Waals surface area (Å²) in [5.41, 5.74) is 4.34. The monoisotopic (exact) mass is 519 g/mol. The van der Waals surface area contributed by atoms with E-state index in [4.69, 9.17) is 21.6 Å². The van der Waals surface area contributed by atoms with Crippen molar-refractivity contribution in [2.24, 2.45) is 0 Å². The summed E-state index contributed by atoms with van der Waals surface area (Å²) in [6, 6.07) is 18.3. The van der Waals surface area contributed by atoms with Crippen molar-refractivity contribution in [1.29, 1.82) is 0 Å². The smallest absolute Gasteiger partial charge is 0.161 e. The zero-order valence-corrected chi connectivity index (χ0v) is 22.6. The highest BCUT2D eigenvalue weighted by Gasteiger charge is 2.25. The van der Waals surface area contributed by atoms with Crippen molar-refractivity contribution in [1.82, 2.24) is 19.8 Å². The van der Waals surface area contributed by atoms with E-state index in [2.05, 4.69) is 39.8 Å². The third-order valence-corrected chi connectivity index (χ3v) is 7.79. The lowest BCUT2D eigenvalue weighted by atomic mass is 10.0. The van der Waals surface area contributed by atoms with Crippen molar-refractivity contribution < 1.29 is 5.11 Å². The Hall–Kier alpha value is -2.51. The zero-order chi connectivity index (χ0) is 25.6. The molecule has 1 aromatic heterocycles. The maximum Gasteiger partial charge on any atom is 0.161 e. The molecule has 3 heterocycles. The molecule has 5 rings (SSSR count). The first kappa shape index (κ1) is 26.1. The number of aromatic nitrogens is 2. The van der Waals surface area contributed by atoms with Gasteiger partial charge in [-0.3, -0.25) is 4.90 Å². The maximum absolute atomic E-state index is 10.7. The molecular formula is C30H38ClN5O. The predicted molar refractivity (Wildman–Crippen MR) is 151 cm³/mol. The number of hydrogen-bond donors (Lipinski definition) is 1. The van der Waals surface area contributed by atoms with E-state index in [0.29, 0.717) is 0 Å². The third-order valence-electron chi connectivity index (χ3n) is 7.55. The summed E-state index contributed by atoms with van der Waals surface area (Å²) in [7, 11) is 0. The Morgan fingerprint density at radius 3 is 2.24 bits per heavy atom. The first-order valence-electron chi connectivity index (χ1n) is 13.6. The van der Waals surface area contributed by atoms with Crippen LogP contribution in [0.2, 0.25) is 5.02 Å². The van der Waals surface area contributed by atoms with Gasteiger partial charge in [-0.05, 0) is 50.6 Å². The fourth-order valence-corrected chi connectivity index (χ4v) is 5.77. The third kappa shape index (κ3) is 6.88. The van der Waals surface area contributed by atoms with Crippen molar-refractivity contribution in [3.8, 4) is 11.4 Å². The first-order valence-corrected chi connectivity index (χ1v) is 14.0. The fraction of sp³-hybridized carbons (Fsp3) is 0.467. The molecule has 37 heavy (non-hydrogen) atoms. The minimum absolute atomic E-state index is 0.297. The number of aliphatic hydroxyl groups excluding tert-OH is 1. The lowest BCUT2D eigenvalue weighted by Crippen LogP contribution is -2.50. The Morgan fingerprint density at radius 2 is 1.54 bits per heavy atom. The highest BCUT2D eigenvalue weighted by Crippen LogP contribution is 2.29. The molecule has 196 valence electrons. The lowest BCUT2D eigenvalue weighted by Gasteiger charge is -2.38. The van der Waals surface area contributed by atoms with Gasteiger partial charge in [0.05, 0.1) is 6.10 Å². The number of halogens is 1. The molecular weight excluding hydrogens is 482 g/mol. The summed E-state index contributed by atoms with van der Waals surface area (Å²) in [5.74, 6) is 1.78. The Labute approximate surface area is 225 Å². The van der Waals surface area contributed by atoms with Gasteiger partial charge in [-0.25, -0.2) is 9.97 Å². The molecule has 1 unspecified atom stereocenters. The van der Waals surface area contributed by atoms with Crippen LogP contribution >= 0.6 is 11.6 Å². The van der Waals surface area contributed by atoms with Crippen molar-refractivity contribution in [2.75, 3.05) is 57.3 Å². The predicted octanol–water partition coefficient (Wildman–Crippen LogP) is 4.67. The molecule has 0 amide bonds. The van der Waals surface area contributed by atoms with Crippen LogP contribution in [-0.2, 0) is 6.42 Å². The molecule has 2 aliphatic heterocycles. The maximum atomic E-state index is 10.7. The van der Waals surface area contributed by atoms with E-state index in [1.807, 2.05) is 36.4 Å². The van der Waals surface area contributed by atoms with Crippen LogP contribution in [0.15, 0.2) is 54.6 Å². The number of hydrogen-bond acceptors (Lipinski definition) is 6. The van der Waals surface area contributed by atoms with Crippen molar-refractivity contribution in [2.45, 2.75) is 38.7 Å². The van der Waals surface area contributed by atoms with Crippen molar-refractivity contribution in [3.63, 3.8) is 0 Å². The van der Waals surface area contributed by atoms with E-state index in [0.717, 1.165) is 97.8 Å². The summed E-state index contributed by atoms with van der Waals surface area (Å²) < 4.78 is 0. The largest absolute Gasteiger partial charge is 0.390 e. The summed E-state index contributed by atoms with van der Waals surface area (Å²) >= 11 is 6.29. The molecule has 6 nitrogen and oxygen atoms in total. The Morgan fingerprint density at radius 1 is 0.838 bits per heavy atom. The molecule has 7 heteroatoms. The standard InChI is InChI=1S/C30H38ClN5O/c1-23-28(20-24-9-8-12-26(31)19-24)30(33-29(32-23)25-10-4-2-5-11-25)36-17-15-35(16-18-36)22-27(37)21-34-13-6-3-7-14-34/h2,4-5,8-12,19,27,37H,3,6-7,13-18,20-22H2,1H3. The number of benzene rings is 2. The van der Waals surface area contributed by atoms with E-state index < -0.39 is 0 Å². The van der Waals surface area contributed by atoms with Gasteiger partial charge in [0.1, 0.15) is 5.82 Å². The van der Waals surface area contributed by atoms with E-state index in [1.54, 1.807) is 0 Å². The number of likely N-dealkylation sites (tertiary alicyclic amines) is 1. The van der Waals surface area contributed by atoms with Crippen LogP contribution in [0, 0.1) is 6.92 Å². The molecule has 3 aromatic rings. The highest BCUT2D eigenvalue weighted by molar-refractivity contribution is 6.30. The number of nitrogens with zero attached hydrogens (tertiary/aromatic N) is 5. The normalized spacial score (nSPS) is 18.2. The van der Waals surface area contributed by atoms with Crippen LogP contribution in [0.3, 0.4) is 0 Å². The number of piperazine rings is 1. The van der Waals surface area contributed by atoms with Gasteiger partial charge in [0, 0.05) is 67.5 Å². The number of aliphatic hydroxyl groups is 1. The molecule has 1 atom stereocenters. The van der Waals surface area contributed by atoms with E-state index in [9.17, 15) is 5.11 Å². The van der Waals surface area contributed by atoms with Crippen LogP contribution < -0.4 is 4.90 Å². The molecule has 0 aliphatic carbocycles. The Bertz CT molecular complexity index is 1160. The quantitative estimate of drug-likeness (QED) is 0.467. The highest BCUT2D eigenvalue weighted by atomic mass is 35.5. The van der Waals surface area contributed by atoms with Gasteiger partial charge in [0.2, 0.25) is 0 Å². The van der Waals surface area contributed by atoms with Crippen LogP contribution in [0.5, 0.6) is 0 Å². The summed E-state index contributed by atoms with van der Waals surface area (Å²) in [6.07, 6.45) is 4.28. The van der Waals surface area contributed by atoms with E-state index in [-0.39, 0.29) is 6.10 Å². The minimum atomic E-state index is -0.297. The van der Waals surface area contributed by atoms with Gasteiger partial charge in [0.25, 0.3) is 0 Å². The van der Waals surface area contributed by atoms with Gasteiger partial charge in [-0.15, -0.1) is 0 Å². The first-order chi connectivity index (χ1) is 18.0. The van der Waals surface area contributed by atoms with Gasteiger partial charge >= 0.3 is 0 Å². The second-order valence-corrected chi connectivity index (χ2v) is 10.8. The van der Waals surface area contributed by atoms with Crippen LogP contribution in [0.4, 0.5) is 5.82 Å². The van der Waals surface area contributed by atoms with E-state index >= 15 is 0 Å². The Kier molecular flexibility index (Phi) is 8.72. The number of anilines is 1. The second kappa shape index (κ2) is 12.4. The summed E-state index contributed by atoms with van der Waals surface area (Å²) in [4.78, 5) is 17.2. The number of rotatable bonds is 8. The summed E-state index contributed by atoms with van der Waals surface area (Å²) in [5, 5.41) is 11.5. The SMILES string of the molecule is Cc1nc(-c2ccccc2)nc(N2CCN(CC(O)CN3CCCCC3)CC2)c1Cc1cccc(Cl)c1. The lowest BCUT2D eigenvalue weighted by molar-refractivity contribution is 0.0651. The average molecular weight is 520 g/mol. The van der Waals surface area contributed by atoms with Crippen molar-refractivity contribution >= 4 is 17.4 Å². The van der Waals surface area contributed by atoms with Crippen LogP contribution in [0.1, 0.15) is 36.1 Å². The molecule has 2 aliphatic rings. The van der Waals surface area contributed by atoms with E-state index in [1.165, 1.54) is 19.3 Å². The van der Waals surface area contributed by atoms with Crippen molar-refractivity contribution in [3.05, 3.63) is 76.4 Å². The molecule has 0 spiro atoms. The van der Waals surface area contributed by atoms with Gasteiger partial charge in [0.15, 0.2) is 5.82 Å².